The topological polar surface area (TPSA) is 48.0 Å². The molecule has 0 unspecified atom stereocenters. The van der Waals surface area contributed by atoms with Crippen molar-refractivity contribution in [2.24, 2.45) is 0 Å². The Morgan fingerprint density at radius 2 is 1.00 bits per heavy atom. The summed E-state index contributed by atoms with van der Waals surface area (Å²) < 4.78 is 4.65. The maximum absolute atomic E-state index is 5.50. The molecule has 222 valence electrons. The molecule has 5 nitrogen and oxygen atoms in total. The Morgan fingerprint density at radius 3 is 1.81 bits per heavy atom. The van der Waals surface area contributed by atoms with Crippen molar-refractivity contribution in [1.82, 2.24) is 23.9 Å². The van der Waals surface area contributed by atoms with Crippen LogP contribution in [0.15, 0.2) is 152 Å². The molecule has 11 aromatic rings. The van der Waals surface area contributed by atoms with Gasteiger partial charge in [0.15, 0.2) is 0 Å². The number of rotatable bonds is 2. The van der Waals surface area contributed by atoms with Crippen molar-refractivity contribution in [1.29, 1.82) is 0 Å². The molecule has 0 spiro atoms. The molecule has 0 bridgehead atoms. The lowest BCUT2D eigenvalue weighted by molar-refractivity contribution is 1.01. The number of para-hydroxylation sites is 3. The van der Waals surface area contributed by atoms with Gasteiger partial charge >= 0.3 is 0 Å². The molecule has 7 aromatic carbocycles. The third-order valence-electron chi connectivity index (χ3n) is 9.87. The summed E-state index contributed by atoms with van der Waals surface area (Å²) in [7, 11) is 0. The second kappa shape index (κ2) is 9.47. The lowest BCUT2D eigenvalue weighted by Gasteiger charge is -2.13. The van der Waals surface area contributed by atoms with Gasteiger partial charge in [-0.25, -0.2) is 15.0 Å². The fourth-order valence-electron chi connectivity index (χ4n) is 7.88. The van der Waals surface area contributed by atoms with Gasteiger partial charge in [-0.1, -0.05) is 133 Å². The van der Waals surface area contributed by atoms with E-state index in [-0.39, 0.29) is 0 Å². The number of hydrogen-bond acceptors (Lipinski definition) is 3. The highest BCUT2D eigenvalue weighted by Crippen LogP contribution is 2.44. The number of nitrogens with zero attached hydrogens (tertiary/aromatic N) is 5. The molecule has 0 N–H and O–H groups in total. The first kappa shape index (κ1) is 25.6. The summed E-state index contributed by atoms with van der Waals surface area (Å²) >= 11 is 0. The molecule has 0 aliphatic heterocycles. The Kier molecular flexibility index (Phi) is 5.05. The van der Waals surface area contributed by atoms with E-state index >= 15 is 0 Å². The third kappa shape index (κ3) is 3.32. The number of fused-ring (bicyclic) bond motifs is 16. The van der Waals surface area contributed by atoms with Gasteiger partial charge in [-0.05, 0) is 29.0 Å². The highest BCUT2D eigenvalue weighted by molar-refractivity contribution is 6.32. The third-order valence-corrected chi connectivity index (χ3v) is 9.87. The van der Waals surface area contributed by atoms with Crippen LogP contribution in [0.25, 0.3) is 99.0 Å². The van der Waals surface area contributed by atoms with E-state index in [0.717, 1.165) is 76.9 Å². The van der Waals surface area contributed by atoms with E-state index in [2.05, 4.69) is 148 Å². The van der Waals surface area contributed by atoms with Crippen LogP contribution in [0.1, 0.15) is 0 Å². The van der Waals surface area contributed by atoms with E-state index < -0.39 is 0 Å². The Labute approximate surface area is 274 Å². The summed E-state index contributed by atoms with van der Waals surface area (Å²) in [4.78, 5) is 16.2. The second-order valence-electron chi connectivity index (χ2n) is 12.4. The first-order chi connectivity index (χ1) is 23.8. The van der Waals surface area contributed by atoms with Gasteiger partial charge in [0.1, 0.15) is 5.65 Å². The van der Waals surface area contributed by atoms with Crippen LogP contribution in [0.2, 0.25) is 0 Å². The summed E-state index contributed by atoms with van der Waals surface area (Å²) in [6, 6.07) is 53.3. The van der Waals surface area contributed by atoms with E-state index in [1.165, 1.54) is 16.2 Å². The van der Waals surface area contributed by atoms with Gasteiger partial charge in [-0.3, -0.25) is 8.97 Å². The van der Waals surface area contributed by atoms with Crippen molar-refractivity contribution >= 4 is 81.8 Å². The molecular formula is C43H25N5. The predicted molar refractivity (Wildman–Crippen MR) is 198 cm³/mol. The molecular weight excluding hydrogens is 587 g/mol. The second-order valence-corrected chi connectivity index (χ2v) is 12.4. The Hall–Kier alpha value is -6.59. The van der Waals surface area contributed by atoms with Crippen molar-refractivity contribution < 1.29 is 0 Å². The van der Waals surface area contributed by atoms with Crippen LogP contribution in [0, 0.1) is 0 Å². The van der Waals surface area contributed by atoms with Crippen molar-refractivity contribution in [3.05, 3.63) is 152 Å². The predicted octanol–water partition coefficient (Wildman–Crippen LogP) is 10.7. The highest BCUT2D eigenvalue weighted by Gasteiger charge is 2.25. The van der Waals surface area contributed by atoms with Crippen LogP contribution >= 0.6 is 0 Å². The molecule has 0 aliphatic rings. The van der Waals surface area contributed by atoms with Crippen LogP contribution in [-0.2, 0) is 0 Å². The van der Waals surface area contributed by atoms with Crippen molar-refractivity contribution in [3.63, 3.8) is 0 Å². The number of aromatic nitrogens is 5. The van der Waals surface area contributed by atoms with E-state index in [9.17, 15) is 0 Å². The minimum Gasteiger partial charge on any atom is -0.290 e. The number of pyridine rings is 1. The number of imidazole rings is 1. The lowest BCUT2D eigenvalue weighted by Crippen LogP contribution is -2.04. The number of hydrogen-bond donors (Lipinski definition) is 0. The average molecular weight is 612 g/mol. The average Bonchev–Trinajstić information content (AvgIpc) is 3.73. The first-order valence-electron chi connectivity index (χ1n) is 16.2. The Bertz CT molecular complexity index is 3120. The lowest BCUT2D eigenvalue weighted by atomic mass is 10.0. The molecule has 0 amide bonds. The molecule has 0 aliphatic carbocycles. The summed E-state index contributed by atoms with van der Waals surface area (Å²) in [5, 5.41) is 9.16. The molecule has 11 rings (SSSR count). The van der Waals surface area contributed by atoms with E-state index in [1.54, 1.807) is 0 Å². The van der Waals surface area contributed by atoms with Crippen molar-refractivity contribution in [2.75, 3.05) is 0 Å². The van der Waals surface area contributed by atoms with Gasteiger partial charge in [0.2, 0.25) is 5.95 Å². The summed E-state index contributed by atoms with van der Waals surface area (Å²) in [5.74, 6) is 0.635. The maximum Gasteiger partial charge on any atom is 0.235 e. The van der Waals surface area contributed by atoms with Crippen LogP contribution in [0.4, 0.5) is 0 Å². The zero-order valence-corrected chi connectivity index (χ0v) is 25.7. The molecule has 48 heavy (non-hydrogen) atoms. The van der Waals surface area contributed by atoms with Crippen LogP contribution < -0.4 is 0 Å². The zero-order chi connectivity index (χ0) is 31.3. The molecule has 0 fully saturated rings. The first-order valence-corrected chi connectivity index (χ1v) is 16.2. The maximum atomic E-state index is 5.50. The fraction of sp³-hybridized carbons (Fsp3) is 0. The molecule has 0 saturated carbocycles. The minimum atomic E-state index is 0.635. The van der Waals surface area contributed by atoms with E-state index in [1.807, 2.05) is 12.1 Å². The van der Waals surface area contributed by atoms with Crippen LogP contribution in [0.3, 0.4) is 0 Å². The van der Waals surface area contributed by atoms with Gasteiger partial charge in [-0.2, -0.15) is 0 Å². The van der Waals surface area contributed by atoms with E-state index in [0.29, 0.717) is 5.95 Å². The normalized spacial score (nSPS) is 12.2. The van der Waals surface area contributed by atoms with Crippen LogP contribution in [-0.4, -0.2) is 23.9 Å². The molecule has 5 heteroatoms. The standard InChI is InChI=1S/C43H25N5/c1-2-14-26(15-3-1)38-32-21-8-11-23-34(32)44-43(46-38)48-36-25-13-10-22-33(36)37-29-18-5-6-19-30(29)39-41(40(37)48)47-35-24-12-9-17-28(35)27-16-4-7-20-31(27)42(47)45-39/h1-25H. The Morgan fingerprint density at radius 1 is 0.396 bits per heavy atom. The van der Waals surface area contributed by atoms with Crippen molar-refractivity contribution in [3.8, 4) is 17.2 Å². The van der Waals surface area contributed by atoms with Gasteiger partial charge in [0, 0.05) is 37.9 Å². The monoisotopic (exact) mass is 611 g/mol. The summed E-state index contributed by atoms with van der Waals surface area (Å²) in [6.45, 7) is 0. The smallest absolute Gasteiger partial charge is 0.235 e. The molecule has 4 aromatic heterocycles. The molecule has 4 heterocycles. The molecule has 0 saturated heterocycles. The highest BCUT2D eigenvalue weighted by atomic mass is 15.2. The summed E-state index contributed by atoms with van der Waals surface area (Å²) in [6.07, 6.45) is 0. The molecule has 0 atom stereocenters. The van der Waals surface area contributed by atoms with E-state index in [4.69, 9.17) is 15.0 Å². The van der Waals surface area contributed by atoms with Crippen molar-refractivity contribution in [2.45, 2.75) is 0 Å². The van der Waals surface area contributed by atoms with Gasteiger partial charge < -0.3 is 0 Å². The fourth-order valence-corrected chi connectivity index (χ4v) is 7.88. The SMILES string of the molecule is c1ccc(-c2nc(-n3c4ccccc4c4c5ccccc5c5nc6c7ccccc7c7ccccc7n6c5c43)nc3ccccc23)cc1. The van der Waals surface area contributed by atoms with Gasteiger partial charge in [0.25, 0.3) is 0 Å². The molecule has 0 radical (unpaired) electrons. The quantitative estimate of drug-likeness (QED) is 0.183. The van der Waals surface area contributed by atoms with Gasteiger partial charge in [-0.15, -0.1) is 0 Å². The van der Waals surface area contributed by atoms with Gasteiger partial charge in [0.05, 0.1) is 38.8 Å². The minimum absolute atomic E-state index is 0.635. The Balaban J connectivity index is 1.44. The zero-order valence-electron chi connectivity index (χ0n) is 25.7. The van der Waals surface area contributed by atoms with Crippen LogP contribution in [0.5, 0.6) is 0 Å². The number of benzene rings is 7. The largest absolute Gasteiger partial charge is 0.290 e. The summed E-state index contributed by atoms with van der Waals surface area (Å²) in [5.41, 5.74) is 9.05.